The molecule has 1 amide bonds. The zero-order valence-corrected chi connectivity index (χ0v) is 19.1. The number of rotatable bonds is 4. The lowest BCUT2D eigenvalue weighted by atomic mass is 10.1. The van der Waals surface area contributed by atoms with E-state index in [1.165, 1.54) is 0 Å². The minimum atomic E-state index is -0.259. The van der Waals surface area contributed by atoms with E-state index in [4.69, 9.17) is 21.4 Å². The molecule has 0 unspecified atom stereocenters. The minimum Gasteiger partial charge on any atom is -0.496 e. The lowest BCUT2D eigenvalue weighted by molar-refractivity contribution is 0.0977. The summed E-state index contributed by atoms with van der Waals surface area (Å²) in [7, 11) is 1.61. The van der Waals surface area contributed by atoms with Crippen LogP contribution in [0.15, 0.2) is 69.6 Å². The van der Waals surface area contributed by atoms with Gasteiger partial charge in [-0.15, -0.1) is 0 Å². The summed E-state index contributed by atoms with van der Waals surface area (Å²) < 4.78 is 11.9. The summed E-state index contributed by atoms with van der Waals surface area (Å²) in [4.78, 5) is 17.0. The number of fused-ring (bicyclic) bond motifs is 1. The molecule has 31 heavy (non-hydrogen) atoms. The molecule has 4 rings (SSSR count). The van der Waals surface area contributed by atoms with Gasteiger partial charge < -0.3 is 14.5 Å². The summed E-state index contributed by atoms with van der Waals surface area (Å²) in [6.07, 6.45) is 0. The van der Waals surface area contributed by atoms with Gasteiger partial charge in [-0.3, -0.25) is 10.1 Å². The number of halogens is 1. The molecular formula is C23H18BrN3O3S. The van der Waals surface area contributed by atoms with Gasteiger partial charge in [0.25, 0.3) is 5.91 Å². The maximum absolute atomic E-state index is 12.4. The Morgan fingerprint density at radius 2 is 1.94 bits per heavy atom. The number of ether oxygens (including phenoxy) is 1. The highest BCUT2D eigenvalue weighted by Gasteiger charge is 2.13. The van der Waals surface area contributed by atoms with Gasteiger partial charge in [0.1, 0.15) is 11.3 Å². The topological polar surface area (TPSA) is 76.4 Å². The third kappa shape index (κ3) is 4.60. The molecule has 6 nitrogen and oxygen atoms in total. The van der Waals surface area contributed by atoms with E-state index in [0.29, 0.717) is 28.2 Å². The number of carbonyl (C=O) groups is 1. The van der Waals surface area contributed by atoms with Crippen LogP contribution in [-0.2, 0) is 0 Å². The molecule has 0 fully saturated rings. The van der Waals surface area contributed by atoms with Gasteiger partial charge in [-0.05, 0) is 83.1 Å². The highest BCUT2D eigenvalue weighted by Crippen LogP contribution is 2.32. The normalized spacial score (nSPS) is 10.7. The number of aromatic nitrogens is 1. The fourth-order valence-electron chi connectivity index (χ4n) is 3.09. The maximum atomic E-state index is 12.4. The standard InChI is InChI=1S/C23H18BrN3O3S/c1-13-5-3-4-6-16(13)21(28)27-23(31)25-15-8-10-20-18(12-15)26-22(30-20)14-7-9-19(29-2)17(24)11-14/h3-12H,1-2H3,(H2,25,27,28,31). The van der Waals surface area contributed by atoms with Crippen molar-refractivity contribution in [1.82, 2.24) is 10.3 Å². The van der Waals surface area contributed by atoms with Crippen molar-refractivity contribution in [2.24, 2.45) is 0 Å². The Bertz CT molecular complexity index is 1300. The van der Waals surface area contributed by atoms with Gasteiger partial charge in [0.15, 0.2) is 10.7 Å². The van der Waals surface area contributed by atoms with Crippen LogP contribution in [0, 0.1) is 6.92 Å². The summed E-state index contributed by atoms with van der Waals surface area (Å²) >= 11 is 8.77. The van der Waals surface area contributed by atoms with Crippen molar-refractivity contribution in [3.8, 4) is 17.2 Å². The molecule has 0 aliphatic carbocycles. The van der Waals surface area contributed by atoms with Gasteiger partial charge in [-0.25, -0.2) is 4.98 Å². The molecule has 0 bridgehead atoms. The Morgan fingerprint density at radius 3 is 2.68 bits per heavy atom. The monoisotopic (exact) mass is 495 g/mol. The second-order valence-electron chi connectivity index (χ2n) is 6.77. The van der Waals surface area contributed by atoms with Crippen LogP contribution in [0.3, 0.4) is 0 Å². The Hall–Kier alpha value is -3.23. The van der Waals surface area contributed by atoms with Crippen LogP contribution in [-0.4, -0.2) is 23.1 Å². The highest BCUT2D eigenvalue weighted by molar-refractivity contribution is 9.10. The molecule has 3 aromatic carbocycles. The molecular weight excluding hydrogens is 478 g/mol. The molecule has 8 heteroatoms. The molecule has 0 spiro atoms. The van der Waals surface area contributed by atoms with Gasteiger partial charge in [0, 0.05) is 16.8 Å². The first kappa shape index (κ1) is 21.0. The predicted octanol–water partition coefficient (Wildman–Crippen LogP) is 5.70. The van der Waals surface area contributed by atoms with Crippen molar-refractivity contribution in [3.63, 3.8) is 0 Å². The molecule has 1 aromatic heterocycles. The molecule has 0 atom stereocenters. The fourth-order valence-corrected chi connectivity index (χ4v) is 3.84. The number of hydrogen-bond donors (Lipinski definition) is 2. The summed E-state index contributed by atoms with van der Waals surface area (Å²) in [6, 6.07) is 18.4. The van der Waals surface area contributed by atoms with E-state index in [1.54, 1.807) is 19.2 Å². The molecule has 0 saturated carbocycles. The molecule has 2 N–H and O–H groups in total. The first-order valence-electron chi connectivity index (χ1n) is 9.37. The van der Waals surface area contributed by atoms with Crippen molar-refractivity contribution in [1.29, 1.82) is 0 Å². The molecule has 0 radical (unpaired) electrons. The number of aryl methyl sites for hydroxylation is 1. The van der Waals surface area contributed by atoms with Gasteiger partial charge in [0.05, 0.1) is 11.6 Å². The molecule has 4 aromatic rings. The van der Waals surface area contributed by atoms with Crippen molar-refractivity contribution in [2.45, 2.75) is 6.92 Å². The largest absolute Gasteiger partial charge is 0.496 e. The van der Waals surface area contributed by atoms with E-state index in [9.17, 15) is 4.79 Å². The van der Waals surface area contributed by atoms with Crippen molar-refractivity contribution in [2.75, 3.05) is 12.4 Å². The zero-order chi connectivity index (χ0) is 22.0. The van der Waals surface area contributed by atoms with Crippen LogP contribution in [0.1, 0.15) is 15.9 Å². The van der Waals surface area contributed by atoms with Crippen LogP contribution >= 0.6 is 28.1 Å². The van der Waals surface area contributed by atoms with E-state index in [-0.39, 0.29) is 11.0 Å². The number of benzene rings is 3. The first-order valence-corrected chi connectivity index (χ1v) is 10.6. The molecule has 1 heterocycles. The van der Waals surface area contributed by atoms with Gasteiger partial charge >= 0.3 is 0 Å². The smallest absolute Gasteiger partial charge is 0.257 e. The highest BCUT2D eigenvalue weighted by atomic mass is 79.9. The Kier molecular flexibility index (Phi) is 6.01. The number of hydrogen-bond acceptors (Lipinski definition) is 5. The van der Waals surface area contributed by atoms with Crippen LogP contribution < -0.4 is 15.4 Å². The quantitative estimate of drug-likeness (QED) is 0.353. The summed E-state index contributed by atoms with van der Waals surface area (Å²) in [6.45, 7) is 1.88. The predicted molar refractivity (Wildman–Crippen MR) is 129 cm³/mol. The second kappa shape index (κ2) is 8.87. The number of carbonyl (C=O) groups excluding carboxylic acids is 1. The lowest BCUT2D eigenvalue weighted by Gasteiger charge is -2.10. The van der Waals surface area contributed by atoms with E-state index >= 15 is 0 Å². The second-order valence-corrected chi connectivity index (χ2v) is 8.04. The third-order valence-corrected chi connectivity index (χ3v) is 5.48. The molecule has 0 saturated heterocycles. The summed E-state index contributed by atoms with van der Waals surface area (Å²) in [5.74, 6) is 0.962. The Balaban J connectivity index is 1.50. The van der Waals surface area contributed by atoms with E-state index in [0.717, 1.165) is 21.3 Å². The van der Waals surface area contributed by atoms with E-state index in [2.05, 4.69) is 31.5 Å². The molecule has 156 valence electrons. The molecule has 0 aliphatic rings. The van der Waals surface area contributed by atoms with Gasteiger partial charge in [-0.1, -0.05) is 18.2 Å². The lowest BCUT2D eigenvalue weighted by Crippen LogP contribution is -2.34. The number of thiocarbonyl (C=S) groups is 1. The van der Waals surface area contributed by atoms with Crippen LogP contribution in [0.2, 0.25) is 0 Å². The summed E-state index contributed by atoms with van der Waals surface area (Å²) in [5.41, 5.74) is 4.28. The fraction of sp³-hybridized carbons (Fsp3) is 0.0870. The van der Waals surface area contributed by atoms with Crippen LogP contribution in [0.25, 0.3) is 22.6 Å². The average molecular weight is 496 g/mol. The van der Waals surface area contributed by atoms with Crippen LogP contribution in [0.5, 0.6) is 5.75 Å². The van der Waals surface area contributed by atoms with Gasteiger partial charge in [0.2, 0.25) is 5.89 Å². The van der Waals surface area contributed by atoms with Crippen molar-refractivity contribution < 1.29 is 13.9 Å². The molecule has 0 aliphatic heterocycles. The average Bonchev–Trinajstić information content (AvgIpc) is 3.17. The van der Waals surface area contributed by atoms with Gasteiger partial charge in [-0.2, -0.15) is 0 Å². The number of oxazole rings is 1. The van der Waals surface area contributed by atoms with Crippen molar-refractivity contribution >= 4 is 56.0 Å². The first-order chi connectivity index (χ1) is 14.9. The number of nitrogens with one attached hydrogen (secondary N) is 2. The van der Waals surface area contributed by atoms with Crippen molar-refractivity contribution in [3.05, 3.63) is 76.3 Å². The number of nitrogens with zero attached hydrogens (tertiary/aromatic N) is 1. The SMILES string of the molecule is COc1ccc(-c2nc3cc(NC(=S)NC(=O)c4ccccc4C)ccc3o2)cc1Br. The van der Waals surface area contributed by atoms with Crippen LogP contribution in [0.4, 0.5) is 5.69 Å². The Morgan fingerprint density at radius 1 is 1.13 bits per heavy atom. The maximum Gasteiger partial charge on any atom is 0.257 e. The number of amides is 1. The minimum absolute atomic E-state index is 0.204. The summed E-state index contributed by atoms with van der Waals surface area (Å²) in [5, 5.41) is 5.93. The van der Waals surface area contributed by atoms with E-state index in [1.807, 2.05) is 55.5 Å². The Labute approximate surface area is 192 Å². The third-order valence-electron chi connectivity index (χ3n) is 4.66. The van der Waals surface area contributed by atoms with E-state index < -0.39 is 0 Å². The zero-order valence-electron chi connectivity index (χ0n) is 16.7. The number of anilines is 1. The number of methoxy groups -OCH3 is 1.